The molecular formula is C24H31NO6S. The molecule has 1 heterocycles. The lowest BCUT2D eigenvalue weighted by molar-refractivity contribution is -0.243. The molecule has 32 heavy (non-hydrogen) atoms. The van der Waals surface area contributed by atoms with Crippen LogP contribution in [-0.2, 0) is 19.7 Å². The molecule has 0 aromatic heterocycles. The summed E-state index contributed by atoms with van der Waals surface area (Å²) in [6.07, 6.45) is 0.399. The fourth-order valence-corrected chi connectivity index (χ4v) is 5.36. The maximum absolute atomic E-state index is 13.0. The van der Waals surface area contributed by atoms with E-state index in [1.165, 1.54) is 0 Å². The van der Waals surface area contributed by atoms with Crippen molar-refractivity contribution >= 4 is 28.7 Å². The molecule has 1 atom stereocenters. The van der Waals surface area contributed by atoms with E-state index in [0.717, 1.165) is 16.5 Å². The van der Waals surface area contributed by atoms with E-state index >= 15 is 0 Å². The minimum Gasteiger partial charge on any atom is -0.497 e. The lowest BCUT2D eigenvalue weighted by atomic mass is 9.66. The van der Waals surface area contributed by atoms with Crippen LogP contribution in [0.25, 0.3) is 10.8 Å². The molecule has 1 saturated heterocycles. The number of hydrogen-bond acceptors (Lipinski definition) is 7. The summed E-state index contributed by atoms with van der Waals surface area (Å²) >= 11 is 0.712. The number of aliphatic carboxylic acids is 1. The molecule has 0 saturated carbocycles. The second-order valence-electron chi connectivity index (χ2n) is 9.37. The molecule has 1 aliphatic rings. The highest BCUT2D eigenvalue weighted by atomic mass is 32.2. The van der Waals surface area contributed by atoms with Crippen molar-refractivity contribution in [2.75, 3.05) is 20.3 Å². The summed E-state index contributed by atoms with van der Waals surface area (Å²) < 4.78 is 19.2. The van der Waals surface area contributed by atoms with Gasteiger partial charge in [0.05, 0.1) is 20.3 Å². The molecule has 7 nitrogen and oxygen atoms in total. The summed E-state index contributed by atoms with van der Waals surface area (Å²) in [4.78, 5) is 24.6. The number of hydrogen-bond donors (Lipinski definition) is 1. The van der Waals surface area contributed by atoms with E-state index in [9.17, 15) is 14.8 Å². The number of carboxylic acid groups (broad SMARTS) is 1. The molecule has 3 rings (SSSR count). The van der Waals surface area contributed by atoms with E-state index < -0.39 is 22.4 Å². The average molecular weight is 462 g/mol. The number of methoxy groups -OCH3 is 1. The molecule has 0 unspecified atom stereocenters. The van der Waals surface area contributed by atoms with Gasteiger partial charge in [0.15, 0.2) is 6.29 Å². The van der Waals surface area contributed by atoms with Gasteiger partial charge in [0, 0.05) is 21.9 Å². The van der Waals surface area contributed by atoms with Crippen LogP contribution in [-0.4, -0.2) is 42.4 Å². The Morgan fingerprint density at radius 2 is 1.81 bits per heavy atom. The molecule has 1 fully saturated rings. The largest absolute Gasteiger partial charge is 0.497 e. The number of carbonyl (C=O) groups is 1. The Morgan fingerprint density at radius 1 is 1.19 bits per heavy atom. The van der Waals surface area contributed by atoms with Crippen molar-refractivity contribution in [2.24, 2.45) is 10.00 Å². The van der Waals surface area contributed by atoms with Crippen molar-refractivity contribution in [3.05, 3.63) is 46.9 Å². The topological polar surface area (TPSA) is 94.4 Å². The van der Waals surface area contributed by atoms with Gasteiger partial charge in [-0.05, 0) is 41.0 Å². The third-order valence-corrected chi connectivity index (χ3v) is 7.17. The highest BCUT2D eigenvalue weighted by molar-refractivity contribution is 7.99. The first-order valence-corrected chi connectivity index (χ1v) is 11.5. The van der Waals surface area contributed by atoms with Crippen LogP contribution in [0.15, 0.2) is 41.0 Å². The van der Waals surface area contributed by atoms with Crippen LogP contribution < -0.4 is 4.74 Å². The van der Waals surface area contributed by atoms with Crippen LogP contribution in [0.3, 0.4) is 0 Å². The first-order chi connectivity index (χ1) is 15.1. The second kappa shape index (κ2) is 9.37. The average Bonchev–Trinajstić information content (AvgIpc) is 2.76. The molecule has 8 heteroatoms. The lowest BCUT2D eigenvalue weighted by Crippen LogP contribution is -2.63. The molecule has 1 aliphatic heterocycles. The summed E-state index contributed by atoms with van der Waals surface area (Å²) in [6, 6.07) is 11.2. The summed E-state index contributed by atoms with van der Waals surface area (Å²) in [5, 5.41) is 12.5. The molecule has 0 radical (unpaired) electrons. The van der Waals surface area contributed by atoms with Crippen LogP contribution in [0.4, 0.5) is 0 Å². The molecule has 2 aromatic rings. The number of nitroso groups, excluding NO2 is 1. The number of fused-ring (bicyclic) bond motifs is 1. The quantitative estimate of drug-likeness (QED) is 0.407. The summed E-state index contributed by atoms with van der Waals surface area (Å²) in [5.41, 5.74) is -1.12. The highest BCUT2D eigenvalue weighted by Crippen LogP contribution is 2.52. The number of rotatable bonds is 8. The fourth-order valence-electron chi connectivity index (χ4n) is 4.51. The first-order valence-electron chi connectivity index (χ1n) is 10.7. The summed E-state index contributed by atoms with van der Waals surface area (Å²) in [5.74, 6) is -0.299. The van der Waals surface area contributed by atoms with E-state index in [-0.39, 0.29) is 18.6 Å². The van der Waals surface area contributed by atoms with Crippen LogP contribution >= 0.6 is 11.9 Å². The number of ether oxygens (including phenoxy) is 3. The Kier molecular flexibility index (Phi) is 7.17. The maximum Gasteiger partial charge on any atom is 0.315 e. The molecule has 0 bridgehead atoms. The van der Waals surface area contributed by atoms with Crippen LogP contribution in [0.5, 0.6) is 5.75 Å². The van der Waals surface area contributed by atoms with Gasteiger partial charge in [-0.1, -0.05) is 52.3 Å². The number of nitrogens with zero attached hydrogens (tertiary/aromatic N) is 1. The minimum absolute atomic E-state index is 0.0400. The zero-order valence-electron chi connectivity index (χ0n) is 19.2. The van der Waals surface area contributed by atoms with Gasteiger partial charge in [-0.2, -0.15) is 0 Å². The Labute approximate surface area is 192 Å². The van der Waals surface area contributed by atoms with Gasteiger partial charge in [-0.3, -0.25) is 4.79 Å². The molecule has 0 amide bonds. The minimum atomic E-state index is -1.43. The van der Waals surface area contributed by atoms with Crippen LogP contribution in [0, 0.1) is 10.3 Å². The van der Waals surface area contributed by atoms with Crippen LogP contribution in [0.1, 0.15) is 46.1 Å². The van der Waals surface area contributed by atoms with Gasteiger partial charge in [-0.25, -0.2) is 0 Å². The monoisotopic (exact) mass is 461 g/mol. The summed E-state index contributed by atoms with van der Waals surface area (Å²) in [7, 11) is 1.60. The fraction of sp³-hybridized carbons (Fsp3) is 0.542. The first kappa shape index (κ1) is 24.5. The van der Waals surface area contributed by atoms with Crippen molar-refractivity contribution in [2.45, 2.75) is 57.0 Å². The number of benzene rings is 2. The van der Waals surface area contributed by atoms with E-state index in [1.807, 2.05) is 64.1 Å². The van der Waals surface area contributed by atoms with E-state index in [0.29, 0.717) is 30.4 Å². The van der Waals surface area contributed by atoms with Crippen molar-refractivity contribution in [3.63, 3.8) is 0 Å². The van der Waals surface area contributed by atoms with E-state index in [4.69, 9.17) is 14.2 Å². The predicted molar refractivity (Wildman–Crippen MR) is 126 cm³/mol. The van der Waals surface area contributed by atoms with Gasteiger partial charge >= 0.3 is 5.97 Å². The zero-order chi connectivity index (χ0) is 23.6. The molecule has 1 N–H and O–H groups in total. The molecule has 174 valence electrons. The highest BCUT2D eigenvalue weighted by Gasteiger charge is 2.61. The molecule has 0 spiro atoms. The Bertz CT molecular complexity index is 980. The Balaban J connectivity index is 2.16. The third-order valence-electron chi connectivity index (χ3n) is 6.16. The Hall–Kier alpha value is -2.16. The van der Waals surface area contributed by atoms with E-state index in [1.54, 1.807) is 7.11 Å². The predicted octanol–water partition coefficient (Wildman–Crippen LogP) is 5.54. The molecule has 0 aliphatic carbocycles. The van der Waals surface area contributed by atoms with E-state index in [2.05, 4.69) is 4.58 Å². The third kappa shape index (κ3) is 4.23. The normalized spacial score (nSPS) is 23.5. The molecular weight excluding hydrogens is 430 g/mol. The maximum atomic E-state index is 13.0. The standard InChI is InChI=1S/C24H31NO6S/c1-6-11-24(20(26)27,18-9-7-17-13-19(29-5)10-8-16(17)12-18)23(32-25-28)14-30-21(31-15-23)22(2,3)4/h7-10,12-13,21H,6,11,14-15H2,1-5H3,(H,26,27)/t21?,23?,24-/m0/s1. The Morgan fingerprint density at radius 3 is 2.34 bits per heavy atom. The van der Waals surface area contributed by atoms with Gasteiger partial charge in [0.2, 0.25) is 0 Å². The zero-order valence-corrected chi connectivity index (χ0v) is 20.0. The van der Waals surface area contributed by atoms with Crippen molar-refractivity contribution in [1.82, 2.24) is 0 Å². The van der Waals surface area contributed by atoms with Gasteiger partial charge < -0.3 is 19.3 Å². The van der Waals surface area contributed by atoms with Gasteiger partial charge in [0.25, 0.3) is 0 Å². The van der Waals surface area contributed by atoms with Crippen LogP contribution in [0.2, 0.25) is 0 Å². The van der Waals surface area contributed by atoms with Crippen molar-refractivity contribution < 1.29 is 24.1 Å². The smallest absolute Gasteiger partial charge is 0.315 e. The summed E-state index contributed by atoms with van der Waals surface area (Å²) in [6.45, 7) is 7.98. The SMILES string of the molecule is CCC[C@@](C(=O)O)(c1ccc2cc(OC)ccc2c1)C1(SN=O)COC(C(C)(C)C)OC1. The van der Waals surface area contributed by atoms with Crippen molar-refractivity contribution in [3.8, 4) is 5.75 Å². The number of carboxylic acids is 1. The van der Waals surface area contributed by atoms with Crippen molar-refractivity contribution in [1.29, 1.82) is 0 Å². The second-order valence-corrected chi connectivity index (χ2v) is 10.5. The molecule has 2 aromatic carbocycles. The van der Waals surface area contributed by atoms with Gasteiger partial charge in [0.1, 0.15) is 15.9 Å². The lowest BCUT2D eigenvalue weighted by Gasteiger charge is -2.50. The van der Waals surface area contributed by atoms with Gasteiger partial charge in [-0.15, -0.1) is 4.91 Å².